The first-order chi connectivity index (χ1) is 5.68. The van der Waals surface area contributed by atoms with E-state index in [-0.39, 0.29) is 16.6 Å². The zero-order valence-electron chi connectivity index (χ0n) is 6.04. The van der Waals surface area contributed by atoms with Gasteiger partial charge in [-0.2, -0.15) is 0 Å². The van der Waals surface area contributed by atoms with Crippen molar-refractivity contribution in [2.24, 2.45) is 0 Å². The van der Waals surface area contributed by atoms with Crippen molar-refractivity contribution in [1.29, 1.82) is 0 Å². The van der Waals surface area contributed by atoms with Crippen LogP contribution in [-0.2, 0) is 0 Å². The minimum Gasteiger partial charge on any atom is -0.498 e. The lowest BCUT2D eigenvalue weighted by Crippen LogP contribution is -1.81. The van der Waals surface area contributed by atoms with Crippen LogP contribution in [0.2, 0.25) is 0 Å². The van der Waals surface area contributed by atoms with Gasteiger partial charge < -0.3 is 10.8 Å². The maximum atomic E-state index is 12.7. The highest BCUT2D eigenvalue weighted by molar-refractivity contribution is 7.21. The second kappa shape index (κ2) is 2.35. The zero-order chi connectivity index (χ0) is 8.72. The molecule has 1 heterocycles. The SMILES string of the molecule is Nc1c(O)sc2ccc(F)cc12. The third kappa shape index (κ3) is 0.921. The van der Waals surface area contributed by atoms with Crippen LogP contribution in [0.1, 0.15) is 0 Å². The van der Waals surface area contributed by atoms with E-state index in [4.69, 9.17) is 5.73 Å². The largest absolute Gasteiger partial charge is 0.498 e. The Morgan fingerprint density at radius 2 is 2.17 bits per heavy atom. The van der Waals surface area contributed by atoms with Gasteiger partial charge in [-0.05, 0) is 18.2 Å². The molecular weight excluding hydrogens is 177 g/mol. The molecule has 1 aromatic heterocycles. The third-order valence-corrected chi connectivity index (χ3v) is 2.66. The van der Waals surface area contributed by atoms with Crippen molar-refractivity contribution in [3.05, 3.63) is 24.0 Å². The number of hydrogen-bond acceptors (Lipinski definition) is 3. The summed E-state index contributed by atoms with van der Waals surface area (Å²) in [5.74, 6) is -0.341. The van der Waals surface area contributed by atoms with Crippen LogP contribution in [0.25, 0.3) is 10.1 Å². The summed E-state index contributed by atoms with van der Waals surface area (Å²) in [6, 6.07) is 4.27. The van der Waals surface area contributed by atoms with Gasteiger partial charge in [0, 0.05) is 10.1 Å². The van der Waals surface area contributed by atoms with Crippen molar-refractivity contribution in [2.45, 2.75) is 0 Å². The van der Waals surface area contributed by atoms with Gasteiger partial charge in [0.2, 0.25) is 0 Å². The summed E-state index contributed by atoms with van der Waals surface area (Å²) in [5, 5.41) is 9.84. The molecule has 62 valence electrons. The van der Waals surface area contributed by atoms with Gasteiger partial charge in [0.25, 0.3) is 0 Å². The van der Waals surface area contributed by atoms with Gasteiger partial charge in [-0.3, -0.25) is 0 Å². The molecule has 2 aromatic rings. The molecule has 0 unspecified atom stereocenters. The molecule has 0 saturated heterocycles. The number of aromatic hydroxyl groups is 1. The Labute approximate surface area is 72.1 Å². The number of halogens is 1. The number of benzene rings is 1. The fraction of sp³-hybridized carbons (Fsp3) is 0. The molecule has 0 aliphatic rings. The van der Waals surface area contributed by atoms with Crippen molar-refractivity contribution in [2.75, 3.05) is 5.73 Å². The van der Waals surface area contributed by atoms with E-state index < -0.39 is 0 Å². The Kier molecular flexibility index (Phi) is 1.44. The lowest BCUT2D eigenvalue weighted by Gasteiger charge is -1.90. The molecule has 2 rings (SSSR count). The van der Waals surface area contributed by atoms with Gasteiger partial charge in [-0.1, -0.05) is 11.3 Å². The molecule has 0 aliphatic carbocycles. The fourth-order valence-corrected chi connectivity index (χ4v) is 1.92. The number of thiophene rings is 1. The lowest BCUT2D eigenvalue weighted by molar-refractivity contribution is 0.493. The van der Waals surface area contributed by atoms with E-state index in [0.29, 0.717) is 5.39 Å². The maximum Gasteiger partial charge on any atom is 0.196 e. The summed E-state index contributed by atoms with van der Waals surface area (Å²) >= 11 is 1.15. The zero-order valence-corrected chi connectivity index (χ0v) is 6.86. The molecular formula is C8H6FNOS. The number of anilines is 1. The van der Waals surface area contributed by atoms with Crippen molar-refractivity contribution < 1.29 is 9.50 Å². The minimum atomic E-state index is -0.341. The Morgan fingerprint density at radius 1 is 1.42 bits per heavy atom. The van der Waals surface area contributed by atoms with Crippen molar-refractivity contribution in [1.82, 2.24) is 0 Å². The van der Waals surface area contributed by atoms with Crippen molar-refractivity contribution in [3.8, 4) is 5.06 Å². The molecule has 0 bridgehead atoms. The minimum absolute atomic E-state index is 0.0515. The van der Waals surface area contributed by atoms with Crippen LogP contribution in [0.3, 0.4) is 0 Å². The van der Waals surface area contributed by atoms with Gasteiger partial charge >= 0.3 is 0 Å². The van der Waals surface area contributed by atoms with Crippen LogP contribution in [-0.4, -0.2) is 5.11 Å². The molecule has 12 heavy (non-hydrogen) atoms. The molecule has 0 atom stereocenters. The fourth-order valence-electron chi connectivity index (χ4n) is 1.08. The summed E-state index contributed by atoms with van der Waals surface area (Å²) < 4.78 is 13.5. The van der Waals surface area contributed by atoms with Gasteiger partial charge in [0.05, 0.1) is 5.69 Å². The molecule has 0 saturated carbocycles. The van der Waals surface area contributed by atoms with Crippen molar-refractivity contribution in [3.63, 3.8) is 0 Å². The second-order valence-corrected chi connectivity index (χ2v) is 3.49. The topological polar surface area (TPSA) is 46.2 Å². The molecule has 0 aliphatic heterocycles. The molecule has 1 aromatic carbocycles. The number of fused-ring (bicyclic) bond motifs is 1. The lowest BCUT2D eigenvalue weighted by atomic mass is 10.2. The highest BCUT2D eigenvalue weighted by atomic mass is 32.1. The average Bonchev–Trinajstić information content (AvgIpc) is 2.31. The van der Waals surface area contributed by atoms with Gasteiger partial charge in [0.15, 0.2) is 5.06 Å². The predicted octanol–water partition coefficient (Wildman–Crippen LogP) is 2.33. The van der Waals surface area contributed by atoms with Crippen LogP contribution < -0.4 is 5.73 Å². The molecule has 0 fully saturated rings. The second-order valence-electron chi connectivity index (χ2n) is 2.46. The molecule has 0 amide bonds. The summed E-state index contributed by atoms with van der Waals surface area (Å²) in [4.78, 5) is 0. The first kappa shape index (κ1) is 7.36. The summed E-state index contributed by atoms with van der Waals surface area (Å²) in [7, 11) is 0. The molecule has 2 nitrogen and oxygen atoms in total. The summed E-state index contributed by atoms with van der Waals surface area (Å²) in [5.41, 5.74) is 5.76. The first-order valence-electron chi connectivity index (χ1n) is 3.35. The number of nitrogen functional groups attached to an aromatic ring is 1. The van der Waals surface area contributed by atoms with E-state index in [1.54, 1.807) is 6.07 Å². The summed E-state index contributed by atoms with van der Waals surface area (Å²) in [6.07, 6.45) is 0. The van der Waals surface area contributed by atoms with Crippen LogP contribution >= 0.6 is 11.3 Å². The molecule has 0 spiro atoms. The number of hydrogen-bond donors (Lipinski definition) is 2. The Morgan fingerprint density at radius 3 is 2.92 bits per heavy atom. The monoisotopic (exact) mass is 183 g/mol. The quantitative estimate of drug-likeness (QED) is 0.658. The highest BCUT2D eigenvalue weighted by Crippen LogP contribution is 2.38. The van der Waals surface area contributed by atoms with Gasteiger partial charge in [-0.15, -0.1) is 0 Å². The van der Waals surface area contributed by atoms with Crippen LogP contribution in [0, 0.1) is 5.82 Å². The predicted molar refractivity (Wildman–Crippen MR) is 47.9 cm³/mol. The first-order valence-corrected chi connectivity index (χ1v) is 4.16. The maximum absolute atomic E-state index is 12.7. The van der Waals surface area contributed by atoms with Crippen LogP contribution in [0.15, 0.2) is 18.2 Å². The third-order valence-electron chi connectivity index (χ3n) is 1.67. The molecule has 0 radical (unpaired) electrons. The van der Waals surface area contributed by atoms with E-state index in [0.717, 1.165) is 16.0 Å². The Bertz CT molecular complexity index is 438. The highest BCUT2D eigenvalue weighted by Gasteiger charge is 2.07. The summed E-state index contributed by atoms with van der Waals surface area (Å²) in [6.45, 7) is 0. The number of rotatable bonds is 0. The number of nitrogens with two attached hydrogens (primary N) is 1. The van der Waals surface area contributed by atoms with Crippen LogP contribution in [0.4, 0.5) is 10.1 Å². The van der Waals surface area contributed by atoms with E-state index in [2.05, 4.69) is 0 Å². The normalized spacial score (nSPS) is 10.8. The Balaban J connectivity index is 2.88. The van der Waals surface area contributed by atoms with E-state index in [1.807, 2.05) is 0 Å². The van der Waals surface area contributed by atoms with Crippen molar-refractivity contribution >= 4 is 27.1 Å². The smallest absolute Gasteiger partial charge is 0.196 e. The van der Waals surface area contributed by atoms with Gasteiger partial charge in [0.1, 0.15) is 5.82 Å². The molecule has 4 heteroatoms. The standard InChI is InChI=1S/C8H6FNOS/c9-4-1-2-6-5(3-4)7(10)8(11)12-6/h1-3,11H,10H2. The Hall–Kier alpha value is -1.29. The van der Waals surface area contributed by atoms with E-state index >= 15 is 0 Å². The van der Waals surface area contributed by atoms with Gasteiger partial charge in [-0.25, -0.2) is 4.39 Å². The molecule has 3 N–H and O–H groups in total. The van der Waals surface area contributed by atoms with Crippen LogP contribution in [0.5, 0.6) is 5.06 Å². The van der Waals surface area contributed by atoms with E-state index in [9.17, 15) is 9.50 Å². The average molecular weight is 183 g/mol. The van der Waals surface area contributed by atoms with E-state index in [1.165, 1.54) is 12.1 Å².